The van der Waals surface area contributed by atoms with Gasteiger partial charge in [0.1, 0.15) is 5.75 Å². The van der Waals surface area contributed by atoms with Gasteiger partial charge >= 0.3 is 0 Å². The summed E-state index contributed by atoms with van der Waals surface area (Å²) in [5, 5.41) is 3.15. The van der Waals surface area contributed by atoms with Gasteiger partial charge in [-0.2, -0.15) is 0 Å². The SMILES string of the molecule is CCCCNCC(=O)c1ccc(OC(C)C)cc1. The first kappa shape index (κ1) is 14.7. The summed E-state index contributed by atoms with van der Waals surface area (Å²) in [5.41, 5.74) is 0.732. The molecule has 0 amide bonds. The molecule has 0 radical (unpaired) electrons. The zero-order valence-electron chi connectivity index (χ0n) is 11.5. The molecule has 100 valence electrons. The van der Waals surface area contributed by atoms with Crippen LogP contribution in [0, 0.1) is 0 Å². The molecule has 0 saturated carbocycles. The van der Waals surface area contributed by atoms with Crippen LogP contribution in [0.25, 0.3) is 0 Å². The van der Waals surface area contributed by atoms with Crippen LogP contribution < -0.4 is 10.1 Å². The lowest BCUT2D eigenvalue weighted by molar-refractivity contribution is 0.0991. The fraction of sp³-hybridized carbons (Fsp3) is 0.533. The van der Waals surface area contributed by atoms with Gasteiger partial charge in [-0.3, -0.25) is 4.79 Å². The van der Waals surface area contributed by atoms with Crippen LogP contribution in [0.4, 0.5) is 0 Å². The second-order valence-corrected chi connectivity index (χ2v) is 4.64. The van der Waals surface area contributed by atoms with Crippen LogP contribution in [0.15, 0.2) is 24.3 Å². The minimum Gasteiger partial charge on any atom is -0.491 e. The first-order valence-corrected chi connectivity index (χ1v) is 6.64. The maximum Gasteiger partial charge on any atom is 0.176 e. The number of hydrogen-bond donors (Lipinski definition) is 1. The lowest BCUT2D eigenvalue weighted by Crippen LogP contribution is -2.23. The Hall–Kier alpha value is -1.35. The highest BCUT2D eigenvalue weighted by atomic mass is 16.5. The summed E-state index contributed by atoms with van der Waals surface area (Å²) in [5.74, 6) is 0.933. The molecule has 0 bridgehead atoms. The van der Waals surface area contributed by atoms with Gasteiger partial charge in [-0.15, -0.1) is 0 Å². The van der Waals surface area contributed by atoms with E-state index in [4.69, 9.17) is 4.74 Å². The van der Waals surface area contributed by atoms with E-state index in [1.165, 1.54) is 0 Å². The maximum absolute atomic E-state index is 11.8. The van der Waals surface area contributed by atoms with Crippen LogP contribution in [0.3, 0.4) is 0 Å². The topological polar surface area (TPSA) is 38.3 Å². The van der Waals surface area contributed by atoms with Gasteiger partial charge in [0.05, 0.1) is 12.6 Å². The van der Waals surface area contributed by atoms with Gasteiger partial charge in [-0.1, -0.05) is 13.3 Å². The highest BCUT2D eigenvalue weighted by molar-refractivity contribution is 5.97. The number of benzene rings is 1. The van der Waals surface area contributed by atoms with E-state index < -0.39 is 0 Å². The molecule has 18 heavy (non-hydrogen) atoms. The number of carbonyl (C=O) groups is 1. The summed E-state index contributed by atoms with van der Waals surface area (Å²) in [6.07, 6.45) is 2.40. The van der Waals surface area contributed by atoms with Crippen molar-refractivity contribution in [3.8, 4) is 5.75 Å². The molecule has 1 aromatic rings. The zero-order valence-corrected chi connectivity index (χ0v) is 11.5. The molecule has 0 fully saturated rings. The highest BCUT2D eigenvalue weighted by Gasteiger charge is 2.05. The highest BCUT2D eigenvalue weighted by Crippen LogP contribution is 2.13. The molecule has 3 nitrogen and oxygen atoms in total. The number of ether oxygens (including phenoxy) is 1. The summed E-state index contributed by atoms with van der Waals surface area (Å²) in [7, 11) is 0. The number of hydrogen-bond acceptors (Lipinski definition) is 3. The molecule has 3 heteroatoms. The Morgan fingerprint density at radius 1 is 1.28 bits per heavy atom. The van der Waals surface area contributed by atoms with Crippen LogP contribution in [0.5, 0.6) is 5.75 Å². The van der Waals surface area contributed by atoms with Crippen LogP contribution >= 0.6 is 0 Å². The van der Waals surface area contributed by atoms with E-state index in [0.717, 1.165) is 30.7 Å². The Morgan fingerprint density at radius 2 is 1.94 bits per heavy atom. The van der Waals surface area contributed by atoms with Crippen LogP contribution in [-0.4, -0.2) is 25.0 Å². The molecule has 0 unspecified atom stereocenters. The summed E-state index contributed by atoms with van der Waals surface area (Å²) in [6, 6.07) is 7.33. The van der Waals surface area contributed by atoms with Crippen LogP contribution in [0.2, 0.25) is 0 Å². The molecule has 0 saturated heterocycles. The Kier molecular flexibility index (Phi) is 6.44. The quantitative estimate of drug-likeness (QED) is 0.568. The van der Waals surface area contributed by atoms with E-state index in [1.54, 1.807) is 0 Å². The van der Waals surface area contributed by atoms with Crippen molar-refractivity contribution in [2.75, 3.05) is 13.1 Å². The van der Waals surface area contributed by atoms with E-state index in [1.807, 2.05) is 38.1 Å². The molecule has 0 aliphatic carbocycles. The number of carbonyl (C=O) groups excluding carboxylic acids is 1. The molecule has 0 heterocycles. The van der Waals surface area contributed by atoms with Crippen molar-refractivity contribution < 1.29 is 9.53 Å². The molecule has 1 N–H and O–H groups in total. The average Bonchev–Trinajstić information content (AvgIpc) is 2.34. The van der Waals surface area contributed by atoms with Crippen molar-refractivity contribution in [3.05, 3.63) is 29.8 Å². The molecule has 0 aliphatic rings. The van der Waals surface area contributed by atoms with Crippen molar-refractivity contribution >= 4 is 5.78 Å². The molecule has 1 rings (SSSR count). The first-order valence-electron chi connectivity index (χ1n) is 6.64. The molecular weight excluding hydrogens is 226 g/mol. The van der Waals surface area contributed by atoms with Gasteiger partial charge in [0.25, 0.3) is 0 Å². The largest absolute Gasteiger partial charge is 0.491 e. The second kappa shape index (κ2) is 7.88. The van der Waals surface area contributed by atoms with Gasteiger partial charge in [-0.05, 0) is 51.1 Å². The lowest BCUT2D eigenvalue weighted by atomic mass is 10.1. The third-order valence-corrected chi connectivity index (χ3v) is 2.54. The second-order valence-electron chi connectivity index (χ2n) is 4.64. The summed E-state index contributed by atoms with van der Waals surface area (Å²) >= 11 is 0. The minimum absolute atomic E-state index is 0.127. The van der Waals surface area contributed by atoms with Crippen molar-refractivity contribution in [2.24, 2.45) is 0 Å². The Morgan fingerprint density at radius 3 is 2.50 bits per heavy atom. The maximum atomic E-state index is 11.8. The Labute approximate surface area is 110 Å². The number of ketones is 1. The molecular formula is C15H23NO2. The minimum atomic E-state index is 0.127. The normalized spacial score (nSPS) is 10.7. The monoisotopic (exact) mass is 249 g/mol. The van der Waals surface area contributed by atoms with Gasteiger partial charge in [0, 0.05) is 5.56 Å². The average molecular weight is 249 g/mol. The van der Waals surface area contributed by atoms with Gasteiger partial charge in [-0.25, -0.2) is 0 Å². The van der Waals surface area contributed by atoms with Crippen molar-refractivity contribution in [3.63, 3.8) is 0 Å². The third-order valence-electron chi connectivity index (χ3n) is 2.54. The molecule has 0 atom stereocenters. The Bertz CT molecular complexity index is 357. The molecule has 0 aliphatic heterocycles. The third kappa shape index (κ3) is 5.32. The van der Waals surface area contributed by atoms with Crippen molar-refractivity contribution in [1.29, 1.82) is 0 Å². The van der Waals surface area contributed by atoms with Crippen LogP contribution in [-0.2, 0) is 0 Å². The molecule has 1 aromatic carbocycles. The zero-order chi connectivity index (χ0) is 13.4. The van der Waals surface area contributed by atoms with Crippen molar-refractivity contribution in [2.45, 2.75) is 39.7 Å². The standard InChI is InChI=1S/C15H23NO2/c1-4-5-10-16-11-15(17)13-6-8-14(9-7-13)18-12(2)3/h6-9,12,16H,4-5,10-11H2,1-3H3. The van der Waals surface area contributed by atoms with Crippen LogP contribution in [0.1, 0.15) is 44.0 Å². The Balaban J connectivity index is 2.43. The van der Waals surface area contributed by atoms with Gasteiger partial charge in [0.15, 0.2) is 5.78 Å². The van der Waals surface area contributed by atoms with E-state index in [2.05, 4.69) is 12.2 Å². The number of unbranched alkanes of at least 4 members (excludes halogenated alkanes) is 1. The molecule has 0 aromatic heterocycles. The van der Waals surface area contributed by atoms with Gasteiger partial charge in [0.2, 0.25) is 0 Å². The van der Waals surface area contributed by atoms with E-state index >= 15 is 0 Å². The summed E-state index contributed by atoms with van der Waals surface area (Å²) < 4.78 is 5.54. The molecule has 0 spiro atoms. The lowest BCUT2D eigenvalue weighted by Gasteiger charge is -2.10. The summed E-state index contributed by atoms with van der Waals surface area (Å²) in [4.78, 5) is 11.8. The predicted octanol–water partition coefficient (Wildman–Crippen LogP) is 3.05. The number of Topliss-reactive ketones (excluding diaryl/α,β-unsaturated/α-hetero) is 1. The number of rotatable bonds is 8. The van der Waals surface area contributed by atoms with Crippen molar-refractivity contribution in [1.82, 2.24) is 5.32 Å². The fourth-order valence-corrected chi connectivity index (χ4v) is 1.60. The first-order chi connectivity index (χ1) is 8.63. The van der Waals surface area contributed by atoms with Gasteiger partial charge < -0.3 is 10.1 Å². The number of nitrogens with one attached hydrogen (secondary N) is 1. The van der Waals surface area contributed by atoms with E-state index in [-0.39, 0.29) is 11.9 Å². The predicted molar refractivity (Wildman–Crippen MR) is 74.3 cm³/mol. The summed E-state index contributed by atoms with van der Waals surface area (Å²) in [6.45, 7) is 7.41. The fourth-order valence-electron chi connectivity index (χ4n) is 1.60. The van der Waals surface area contributed by atoms with E-state index in [0.29, 0.717) is 6.54 Å². The smallest absolute Gasteiger partial charge is 0.176 e. The van der Waals surface area contributed by atoms with E-state index in [9.17, 15) is 4.79 Å².